The van der Waals surface area contributed by atoms with E-state index in [1.807, 2.05) is 18.2 Å². The van der Waals surface area contributed by atoms with Crippen LogP contribution in [0.15, 0.2) is 24.5 Å². The van der Waals surface area contributed by atoms with Crippen molar-refractivity contribution >= 4 is 5.91 Å². The van der Waals surface area contributed by atoms with Crippen LogP contribution in [0.1, 0.15) is 12.0 Å². The Labute approximate surface area is 128 Å². The molecule has 8 heteroatoms. The number of hydrogen-bond acceptors (Lipinski definition) is 6. The summed E-state index contributed by atoms with van der Waals surface area (Å²) in [7, 11) is 4.94. The highest BCUT2D eigenvalue weighted by atomic mass is 16.5. The molecule has 1 amide bonds. The average Bonchev–Trinajstić information content (AvgIpc) is 3.05. The zero-order chi connectivity index (χ0) is 15.9. The van der Waals surface area contributed by atoms with Crippen molar-refractivity contribution < 1.29 is 14.3 Å². The van der Waals surface area contributed by atoms with Gasteiger partial charge in [0.1, 0.15) is 6.33 Å². The van der Waals surface area contributed by atoms with Gasteiger partial charge in [0, 0.05) is 20.0 Å². The molecule has 1 heterocycles. The summed E-state index contributed by atoms with van der Waals surface area (Å²) in [6.07, 6.45) is 1.83. The molecule has 2 rings (SSSR count). The second-order valence-corrected chi connectivity index (χ2v) is 4.76. The quantitative estimate of drug-likeness (QED) is 0.750. The number of nitrogens with zero attached hydrogens (tertiary/aromatic N) is 5. The molecule has 0 saturated heterocycles. The lowest BCUT2D eigenvalue weighted by molar-refractivity contribution is -0.130. The molecule has 0 spiro atoms. The minimum absolute atomic E-state index is 0.0188. The van der Waals surface area contributed by atoms with Crippen LogP contribution in [-0.4, -0.2) is 52.3 Å². The lowest BCUT2D eigenvalue weighted by Crippen LogP contribution is -2.27. The number of hydrogen-bond donors (Lipinski definition) is 0. The summed E-state index contributed by atoms with van der Waals surface area (Å²) in [6, 6.07) is 5.60. The maximum absolute atomic E-state index is 12.1. The minimum Gasteiger partial charge on any atom is -0.493 e. The van der Waals surface area contributed by atoms with Crippen molar-refractivity contribution in [1.29, 1.82) is 0 Å². The first-order valence-corrected chi connectivity index (χ1v) is 6.79. The van der Waals surface area contributed by atoms with E-state index in [2.05, 4.69) is 15.5 Å². The molecule has 0 aliphatic rings. The highest BCUT2D eigenvalue weighted by Gasteiger charge is 2.11. The molecule has 0 N–H and O–H groups in total. The van der Waals surface area contributed by atoms with Gasteiger partial charge in [0.05, 0.1) is 20.8 Å². The molecule has 8 nitrogen and oxygen atoms in total. The number of carbonyl (C=O) groups is 1. The largest absolute Gasteiger partial charge is 0.493 e. The van der Waals surface area contributed by atoms with Gasteiger partial charge in [-0.15, -0.1) is 5.10 Å². The fourth-order valence-corrected chi connectivity index (χ4v) is 2.02. The third-order valence-corrected chi connectivity index (χ3v) is 3.24. The summed E-state index contributed by atoms with van der Waals surface area (Å²) in [6.45, 7) is 0.955. The standard InChI is InChI=1S/C14H19N5O3/c1-18(14(20)6-7-19-10-15-16-17-19)9-11-4-5-12(21-2)13(8-11)22-3/h4-5,8,10H,6-7,9H2,1-3H3. The molecule has 0 radical (unpaired) electrons. The number of ether oxygens (including phenoxy) is 2. The van der Waals surface area contributed by atoms with Crippen molar-refractivity contribution in [1.82, 2.24) is 25.1 Å². The van der Waals surface area contributed by atoms with Gasteiger partial charge in [-0.05, 0) is 28.1 Å². The Morgan fingerprint density at radius 2 is 2.05 bits per heavy atom. The van der Waals surface area contributed by atoms with Gasteiger partial charge in [-0.25, -0.2) is 4.68 Å². The maximum atomic E-state index is 12.1. The third kappa shape index (κ3) is 3.94. The fourth-order valence-electron chi connectivity index (χ4n) is 2.02. The molecule has 118 valence electrons. The topological polar surface area (TPSA) is 82.4 Å². The van der Waals surface area contributed by atoms with Crippen LogP contribution in [0.2, 0.25) is 0 Å². The zero-order valence-electron chi connectivity index (χ0n) is 12.9. The number of rotatable bonds is 7. The molecule has 0 aliphatic heterocycles. The summed E-state index contributed by atoms with van der Waals surface area (Å²) in [5.74, 6) is 1.33. The van der Waals surface area contributed by atoms with E-state index in [1.54, 1.807) is 26.2 Å². The molecule has 1 aromatic heterocycles. The Morgan fingerprint density at radius 3 is 2.68 bits per heavy atom. The Morgan fingerprint density at radius 1 is 1.27 bits per heavy atom. The van der Waals surface area contributed by atoms with E-state index in [4.69, 9.17) is 9.47 Å². The van der Waals surface area contributed by atoms with Gasteiger partial charge in [-0.2, -0.15) is 0 Å². The molecule has 0 saturated carbocycles. The molecular weight excluding hydrogens is 286 g/mol. The van der Waals surface area contributed by atoms with E-state index >= 15 is 0 Å². The molecule has 0 bridgehead atoms. The number of aromatic nitrogens is 4. The monoisotopic (exact) mass is 305 g/mol. The third-order valence-electron chi connectivity index (χ3n) is 3.24. The van der Waals surface area contributed by atoms with Crippen LogP contribution in [-0.2, 0) is 17.9 Å². The first-order valence-electron chi connectivity index (χ1n) is 6.79. The van der Waals surface area contributed by atoms with Gasteiger partial charge >= 0.3 is 0 Å². The number of methoxy groups -OCH3 is 2. The Bertz CT molecular complexity index is 615. The van der Waals surface area contributed by atoms with Crippen molar-refractivity contribution in [3.8, 4) is 11.5 Å². The molecule has 2 aromatic rings. The first kappa shape index (κ1) is 15.7. The van der Waals surface area contributed by atoms with E-state index in [0.29, 0.717) is 31.0 Å². The van der Waals surface area contributed by atoms with E-state index in [1.165, 1.54) is 11.0 Å². The van der Waals surface area contributed by atoms with E-state index in [9.17, 15) is 4.79 Å². The van der Waals surface area contributed by atoms with Crippen LogP contribution in [0.5, 0.6) is 11.5 Å². The smallest absolute Gasteiger partial charge is 0.224 e. The van der Waals surface area contributed by atoms with E-state index < -0.39 is 0 Å². The molecule has 0 unspecified atom stereocenters. The zero-order valence-corrected chi connectivity index (χ0v) is 12.9. The molecular formula is C14H19N5O3. The molecule has 22 heavy (non-hydrogen) atoms. The van der Waals surface area contributed by atoms with Gasteiger partial charge in [-0.3, -0.25) is 4.79 Å². The van der Waals surface area contributed by atoms with Crippen LogP contribution in [0.3, 0.4) is 0 Å². The fraction of sp³-hybridized carbons (Fsp3) is 0.429. The number of benzene rings is 1. The molecule has 0 fully saturated rings. The van der Waals surface area contributed by atoms with E-state index in [-0.39, 0.29) is 5.91 Å². The van der Waals surface area contributed by atoms with Crippen LogP contribution in [0.4, 0.5) is 0 Å². The lowest BCUT2D eigenvalue weighted by Gasteiger charge is -2.18. The number of aryl methyl sites for hydroxylation is 1. The lowest BCUT2D eigenvalue weighted by atomic mass is 10.2. The van der Waals surface area contributed by atoms with Crippen molar-refractivity contribution in [2.75, 3.05) is 21.3 Å². The normalized spacial score (nSPS) is 10.3. The van der Waals surface area contributed by atoms with Crippen molar-refractivity contribution in [3.05, 3.63) is 30.1 Å². The Hall–Kier alpha value is -2.64. The van der Waals surface area contributed by atoms with Gasteiger partial charge in [-0.1, -0.05) is 6.07 Å². The number of tetrazole rings is 1. The average molecular weight is 305 g/mol. The minimum atomic E-state index is 0.0188. The van der Waals surface area contributed by atoms with Gasteiger partial charge in [0.25, 0.3) is 0 Å². The first-order chi connectivity index (χ1) is 10.6. The molecule has 0 atom stereocenters. The molecule has 0 aliphatic carbocycles. The van der Waals surface area contributed by atoms with Crippen LogP contribution in [0.25, 0.3) is 0 Å². The summed E-state index contributed by atoms with van der Waals surface area (Å²) < 4.78 is 12.0. The second-order valence-electron chi connectivity index (χ2n) is 4.76. The van der Waals surface area contributed by atoms with Crippen LogP contribution >= 0.6 is 0 Å². The summed E-state index contributed by atoms with van der Waals surface area (Å²) >= 11 is 0. The van der Waals surface area contributed by atoms with Crippen molar-refractivity contribution in [2.24, 2.45) is 0 Å². The SMILES string of the molecule is COc1ccc(CN(C)C(=O)CCn2cnnn2)cc1OC. The second kappa shape index (κ2) is 7.39. The predicted octanol–water partition coefficient (Wildman–Crippen LogP) is 0.739. The number of amides is 1. The van der Waals surface area contributed by atoms with Gasteiger partial charge in [0.2, 0.25) is 5.91 Å². The predicted molar refractivity (Wildman–Crippen MR) is 78.5 cm³/mol. The summed E-state index contributed by atoms with van der Waals surface area (Å²) in [5.41, 5.74) is 0.968. The number of carbonyl (C=O) groups excluding carboxylic acids is 1. The van der Waals surface area contributed by atoms with Gasteiger partial charge in [0.15, 0.2) is 11.5 Å². The Balaban J connectivity index is 1.93. The van der Waals surface area contributed by atoms with Crippen molar-refractivity contribution in [2.45, 2.75) is 19.5 Å². The highest BCUT2D eigenvalue weighted by molar-refractivity contribution is 5.75. The van der Waals surface area contributed by atoms with Crippen LogP contribution in [0, 0.1) is 0 Å². The van der Waals surface area contributed by atoms with Gasteiger partial charge < -0.3 is 14.4 Å². The van der Waals surface area contributed by atoms with Crippen LogP contribution < -0.4 is 9.47 Å². The van der Waals surface area contributed by atoms with Crippen molar-refractivity contribution in [3.63, 3.8) is 0 Å². The summed E-state index contributed by atoms with van der Waals surface area (Å²) in [5, 5.41) is 10.8. The Kier molecular flexibility index (Phi) is 5.29. The van der Waals surface area contributed by atoms with E-state index in [0.717, 1.165) is 5.56 Å². The maximum Gasteiger partial charge on any atom is 0.224 e. The molecule has 1 aromatic carbocycles. The highest BCUT2D eigenvalue weighted by Crippen LogP contribution is 2.27. The summed E-state index contributed by atoms with van der Waals surface area (Å²) in [4.78, 5) is 13.8.